The number of nitrogens with one attached hydrogen (secondary N) is 1. The van der Waals surface area contributed by atoms with Gasteiger partial charge in [0.05, 0.1) is 11.9 Å². The molecule has 0 aliphatic carbocycles. The maximum absolute atomic E-state index is 13.9. The molecule has 0 spiro atoms. The van der Waals surface area contributed by atoms with E-state index in [0.717, 1.165) is 34.5 Å². The van der Waals surface area contributed by atoms with Crippen molar-refractivity contribution < 1.29 is 18.0 Å². The average Bonchev–Trinajstić information content (AvgIpc) is 2.89. The van der Waals surface area contributed by atoms with Gasteiger partial charge in [0.2, 0.25) is 21.8 Å². The summed E-state index contributed by atoms with van der Waals surface area (Å²) in [6.07, 6.45) is 3.06. The van der Waals surface area contributed by atoms with E-state index in [4.69, 9.17) is 11.6 Å². The number of benzene rings is 3. The lowest BCUT2D eigenvalue weighted by atomic mass is 10.0. The summed E-state index contributed by atoms with van der Waals surface area (Å²) in [5, 5.41) is 3.31. The fourth-order valence-corrected chi connectivity index (χ4v) is 5.11. The predicted octanol–water partition coefficient (Wildman–Crippen LogP) is 4.66. The summed E-state index contributed by atoms with van der Waals surface area (Å²) in [5.41, 5.74) is 2.00. The van der Waals surface area contributed by atoms with Crippen LogP contribution in [0.5, 0.6) is 0 Å². The van der Waals surface area contributed by atoms with Crippen LogP contribution in [0.2, 0.25) is 5.02 Å². The largest absolute Gasteiger partial charge is 0.354 e. The van der Waals surface area contributed by atoms with Crippen LogP contribution in [-0.2, 0) is 32.6 Å². The minimum absolute atomic E-state index is 0.144. The Morgan fingerprint density at radius 2 is 1.55 bits per heavy atom. The second kappa shape index (κ2) is 14.0. The summed E-state index contributed by atoms with van der Waals surface area (Å²) in [5.74, 6) is -0.772. The Labute approximate surface area is 230 Å². The van der Waals surface area contributed by atoms with Crippen molar-refractivity contribution in [3.8, 4) is 0 Å². The number of carbonyl (C=O) groups excluding carboxylic acids is 2. The van der Waals surface area contributed by atoms with Gasteiger partial charge in [0.25, 0.3) is 0 Å². The van der Waals surface area contributed by atoms with Crippen molar-refractivity contribution in [3.05, 3.63) is 101 Å². The Bertz CT molecular complexity index is 1300. The molecular weight excluding hydrogens is 522 g/mol. The van der Waals surface area contributed by atoms with Crippen molar-refractivity contribution in [2.24, 2.45) is 0 Å². The Morgan fingerprint density at radius 3 is 2.13 bits per heavy atom. The number of sulfonamides is 1. The molecule has 0 heterocycles. The lowest BCUT2D eigenvalue weighted by Gasteiger charge is -2.33. The molecule has 3 aromatic carbocycles. The van der Waals surface area contributed by atoms with Crippen molar-refractivity contribution in [1.29, 1.82) is 0 Å². The number of hydrogen-bond acceptors (Lipinski definition) is 4. The van der Waals surface area contributed by atoms with Gasteiger partial charge in [-0.2, -0.15) is 0 Å². The van der Waals surface area contributed by atoms with Crippen LogP contribution in [0.4, 0.5) is 5.69 Å². The highest BCUT2D eigenvalue weighted by Gasteiger charge is 2.32. The van der Waals surface area contributed by atoms with Crippen LogP contribution in [-0.4, -0.2) is 50.5 Å². The Morgan fingerprint density at radius 1 is 0.921 bits per heavy atom. The van der Waals surface area contributed by atoms with E-state index in [1.807, 2.05) is 67.6 Å². The molecule has 0 aliphatic rings. The predicted molar refractivity (Wildman–Crippen MR) is 152 cm³/mol. The van der Waals surface area contributed by atoms with Gasteiger partial charge in [0.15, 0.2) is 0 Å². The third kappa shape index (κ3) is 8.60. The molecule has 0 saturated carbocycles. The number of hydrogen-bond donors (Lipinski definition) is 1. The third-order valence-corrected chi connectivity index (χ3v) is 7.45. The molecule has 0 unspecified atom stereocenters. The molecule has 0 aliphatic heterocycles. The van der Waals surface area contributed by atoms with Crippen LogP contribution >= 0.6 is 11.6 Å². The first kappa shape index (κ1) is 29.2. The normalized spacial score (nSPS) is 12.0. The summed E-state index contributed by atoms with van der Waals surface area (Å²) < 4.78 is 26.5. The molecule has 7 nitrogen and oxygen atoms in total. The number of nitrogens with zero attached hydrogens (tertiary/aromatic N) is 2. The molecule has 0 bridgehead atoms. The van der Waals surface area contributed by atoms with Gasteiger partial charge in [-0.15, -0.1) is 0 Å². The van der Waals surface area contributed by atoms with Gasteiger partial charge in [0, 0.05) is 24.5 Å². The van der Waals surface area contributed by atoms with Gasteiger partial charge in [-0.3, -0.25) is 13.9 Å². The molecule has 202 valence electrons. The quantitative estimate of drug-likeness (QED) is 0.311. The first-order valence-electron chi connectivity index (χ1n) is 12.6. The molecule has 0 saturated heterocycles. The van der Waals surface area contributed by atoms with Crippen molar-refractivity contribution >= 4 is 39.1 Å². The van der Waals surface area contributed by atoms with Gasteiger partial charge in [-0.1, -0.05) is 91.7 Å². The fraction of sp³-hybridized carbons (Fsp3) is 0.310. The Kier molecular flexibility index (Phi) is 10.7. The van der Waals surface area contributed by atoms with E-state index in [1.165, 1.54) is 11.0 Å². The van der Waals surface area contributed by atoms with E-state index in [9.17, 15) is 18.0 Å². The van der Waals surface area contributed by atoms with Crippen LogP contribution in [0, 0.1) is 0 Å². The summed E-state index contributed by atoms with van der Waals surface area (Å²) >= 11 is 6.12. The zero-order valence-corrected chi connectivity index (χ0v) is 23.3. The maximum Gasteiger partial charge on any atom is 0.244 e. The molecular formula is C29H34ClN3O4S. The van der Waals surface area contributed by atoms with E-state index in [0.29, 0.717) is 11.6 Å². The molecule has 38 heavy (non-hydrogen) atoms. The highest BCUT2D eigenvalue weighted by molar-refractivity contribution is 7.92. The van der Waals surface area contributed by atoms with E-state index in [2.05, 4.69) is 5.32 Å². The standard InChI is InChI=1S/C29H34ClN3O4S/c1-3-4-18-31-29(35)27(19-23-12-7-5-8-13-23)32(21-24-14-9-6-10-15-24)28(34)22-33(38(2,36)37)26-17-11-16-25(30)20-26/h5-17,20,27H,3-4,18-19,21-22H2,1-2H3,(H,31,35)/t27-/m0/s1. The number of unbranched alkanes of at least 4 members (excludes halogenated alkanes) is 1. The highest BCUT2D eigenvalue weighted by atomic mass is 35.5. The first-order chi connectivity index (χ1) is 18.2. The summed E-state index contributed by atoms with van der Waals surface area (Å²) in [7, 11) is -3.83. The van der Waals surface area contributed by atoms with Gasteiger partial charge in [-0.25, -0.2) is 8.42 Å². The van der Waals surface area contributed by atoms with Crippen molar-refractivity contribution in [2.45, 2.75) is 38.8 Å². The molecule has 1 atom stereocenters. The molecule has 0 radical (unpaired) electrons. The molecule has 1 N–H and O–H groups in total. The molecule has 9 heteroatoms. The Hall–Kier alpha value is -3.36. The molecule has 0 fully saturated rings. The van der Waals surface area contributed by atoms with Crippen LogP contribution < -0.4 is 9.62 Å². The maximum atomic E-state index is 13.9. The number of carbonyl (C=O) groups is 2. The number of amides is 2. The smallest absolute Gasteiger partial charge is 0.244 e. The summed E-state index contributed by atoms with van der Waals surface area (Å²) in [6, 6.07) is 24.3. The summed E-state index contributed by atoms with van der Waals surface area (Å²) in [4.78, 5) is 28.9. The average molecular weight is 556 g/mol. The molecule has 2 amide bonds. The lowest BCUT2D eigenvalue weighted by molar-refractivity contribution is -0.140. The van der Waals surface area contributed by atoms with Crippen molar-refractivity contribution in [1.82, 2.24) is 10.2 Å². The van der Waals surface area contributed by atoms with E-state index < -0.39 is 28.5 Å². The van der Waals surface area contributed by atoms with Crippen LogP contribution in [0.3, 0.4) is 0 Å². The molecule has 0 aromatic heterocycles. The zero-order valence-electron chi connectivity index (χ0n) is 21.7. The highest BCUT2D eigenvalue weighted by Crippen LogP contribution is 2.23. The van der Waals surface area contributed by atoms with Crippen LogP contribution in [0.15, 0.2) is 84.9 Å². The van der Waals surface area contributed by atoms with E-state index in [-0.39, 0.29) is 24.6 Å². The van der Waals surface area contributed by atoms with E-state index >= 15 is 0 Å². The zero-order chi connectivity index (χ0) is 27.5. The number of rotatable bonds is 13. The molecule has 3 rings (SSSR count). The lowest BCUT2D eigenvalue weighted by Crippen LogP contribution is -2.53. The monoisotopic (exact) mass is 555 g/mol. The van der Waals surface area contributed by atoms with Gasteiger partial charge >= 0.3 is 0 Å². The van der Waals surface area contributed by atoms with Crippen molar-refractivity contribution in [2.75, 3.05) is 23.7 Å². The van der Waals surface area contributed by atoms with Gasteiger partial charge in [0.1, 0.15) is 12.6 Å². The minimum Gasteiger partial charge on any atom is -0.354 e. The van der Waals surface area contributed by atoms with Crippen molar-refractivity contribution in [3.63, 3.8) is 0 Å². The topological polar surface area (TPSA) is 86.8 Å². The third-order valence-electron chi connectivity index (χ3n) is 6.07. The van der Waals surface area contributed by atoms with Gasteiger partial charge in [-0.05, 0) is 35.7 Å². The minimum atomic E-state index is -3.83. The van der Waals surface area contributed by atoms with Gasteiger partial charge < -0.3 is 10.2 Å². The fourth-order valence-electron chi connectivity index (χ4n) is 4.09. The second-order valence-corrected chi connectivity index (χ2v) is 11.5. The number of halogens is 1. The molecule has 3 aromatic rings. The van der Waals surface area contributed by atoms with Crippen LogP contribution in [0.25, 0.3) is 0 Å². The number of anilines is 1. The first-order valence-corrected chi connectivity index (χ1v) is 14.8. The van der Waals surface area contributed by atoms with E-state index in [1.54, 1.807) is 18.2 Å². The SMILES string of the molecule is CCCCNC(=O)[C@H](Cc1ccccc1)N(Cc1ccccc1)C(=O)CN(c1cccc(Cl)c1)S(C)(=O)=O. The van der Waals surface area contributed by atoms with Crippen LogP contribution in [0.1, 0.15) is 30.9 Å². The summed E-state index contributed by atoms with van der Waals surface area (Å²) in [6.45, 7) is 2.20. The second-order valence-electron chi connectivity index (χ2n) is 9.11. The Balaban J connectivity index is 2.01.